The van der Waals surface area contributed by atoms with Crippen LogP contribution in [0.3, 0.4) is 0 Å². The maximum atomic E-state index is 11.1. The highest BCUT2D eigenvalue weighted by atomic mass is 16.5. The Morgan fingerprint density at radius 2 is 2.06 bits per heavy atom. The fraction of sp³-hybridized carbons (Fsp3) is 0.143. The molecule has 2 rings (SSSR count). The molecule has 2 aromatic rings. The standard InChI is InChI=1S/C14H14N2O2/c1-10-9-14(17)16-15-12(10)8-7-11-5-3-4-6-13(11)18-2/h3-9H,1-2H3,(H,16,17)/b8-7+. The molecule has 0 unspecified atom stereocenters. The molecule has 4 nitrogen and oxygen atoms in total. The van der Waals surface area contributed by atoms with Crippen molar-refractivity contribution in [2.24, 2.45) is 0 Å². The lowest BCUT2D eigenvalue weighted by molar-refractivity contribution is 0.414. The van der Waals surface area contributed by atoms with Gasteiger partial charge in [-0.3, -0.25) is 4.79 Å². The Bertz CT molecular complexity index is 630. The molecule has 18 heavy (non-hydrogen) atoms. The van der Waals surface area contributed by atoms with Crippen molar-refractivity contribution in [2.45, 2.75) is 6.92 Å². The number of hydrogen-bond donors (Lipinski definition) is 1. The normalized spacial score (nSPS) is 10.8. The van der Waals surface area contributed by atoms with E-state index in [2.05, 4.69) is 10.2 Å². The minimum atomic E-state index is -0.193. The van der Waals surface area contributed by atoms with E-state index in [1.54, 1.807) is 7.11 Å². The molecular weight excluding hydrogens is 228 g/mol. The number of aromatic amines is 1. The van der Waals surface area contributed by atoms with E-state index in [-0.39, 0.29) is 5.56 Å². The summed E-state index contributed by atoms with van der Waals surface area (Å²) in [7, 11) is 1.64. The van der Waals surface area contributed by atoms with E-state index >= 15 is 0 Å². The fourth-order valence-electron chi connectivity index (χ4n) is 1.65. The van der Waals surface area contributed by atoms with Crippen molar-refractivity contribution in [3.8, 4) is 5.75 Å². The SMILES string of the molecule is COc1ccccc1/C=C/c1n[nH]c(=O)cc1C. The first-order valence-corrected chi connectivity index (χ1v) is 5.58. The van der Waals surface area contributed by atoms with Gasteiger partial charge in [-0.25, -0.2) is 5.10 Å². The summed E-state index contributed by atoms with van der Waals surface area (Å²) in [6.45, 7) is 1.85. The summed E-state index contributed by atoms with van der Waals surface area (Å²) in [6, 6.07) is 9.23. The number of hydrogen-bond acceptors (Lipinski definition) is 3. The number of aromatic nitrogens is 2. The zero-order valence-electron chi connectivity index (χ0n) is 10.3. The van der Waals surface area contributed by atoms with Gasteiger partial charge < -0.3 is 4.74 Å². The van der Waals surface area contributed by atoms with Crippen LogP contribution in [0.15, 0.2) is 35.1 Å². The topological polar surface area (TPSA) is 55.0 Å². The van der Waals surface area contributed by atoms with Crippen LogP contribution in [0.4, 0.5) is 0 Å². The van der Waals surface area contributed by atoms with Crippen molar-refractivity contribution in [2.75, 3.05) is 7.11 Å². The van der Waals surface area contributed by atoms with Crippen molar-refractivity contribution in [1.82, 2.24) is 10.2 Å². The molecule has 1 aromatic carbocycles. The van der Waals surface area contributed by atoms with Crippen molar-refractivity contribution in [3.63, 3.8) is 0 Å². The van der Waals surface area contributed by atoms with Gasteiger partial charge in [0, 0.05) is 11.6 Å². The van der Waals surface area contributed by atoms with Crippen LogP contribution in [0.25, 0.3) is 12.2 Å². The zero-order chi connectivity index (χ0) is 13.0. The fourth-order valence-corrected chi connectivity index (χ4v) is 1.65. The molecule has 0 radical (unpaired) electrons. The van der Waals surface area contributed by atoms with Crippen LogP contribution in [0.1, 0.15) is 16.8 Å². The first kappa shape index (κ1) is 12.1. The molecule has 0 aliphatic rings. The van der Waals surface area contributed by atoms with E-state index < -0.39 is 0 Å². The van der Waals surface area contributed by atoms with Crippen LogP contribution in [0.2, 0.25) is 0 Å². The van der Waals surface area contributed by atoms with Crippen molar-refractivity contribution < 1.29 is 4.74 Å². The minimum absolute atomic E-state index is 0.193. The summed E-state index contributed by atoms with van der Waals surface area (Å²) in [5.41, 5.74) is 2.35. The summed E-state index contributed by atoms with van der Waals surface area (Å²) < 4.78 is 5.25. The monoisotopic (exact) mass is 242 g/mol. The van der Waals surface area contributed by atoms with Gasteiger partial charge in [0.15, 0.2) is 0 Å². The summed E-state index contributed by atoms with van der Waals surface area (Å²) in [5, 5.41) is 6.40. The third kappa shape index (κ3) is 2.66. The third-order valence-electron chi connectivity index (χ3n) is 2.60. The van der Waals surface area contributed by atoms with Gasteiger partial charge in [0.1, 0.15) is 5.75 Å². The molecule has 1 heterocycles. The second-order valence-corrected chi connectivity index (χ2v) is 3.88. The van der Waals surface area contributed by atoms with Gasteiger partial charge in [0.05, 0.1) is 12.8 Å². The Balaban J connectivity index is 2.33. The van der Waals surface area contributed by atoms with E-state index in [0.29, 0.717) is 0 Å². The molecule has 0 aliphatic heterocycles. The molecule has 0 saturated carbocycles. The lowest BCUT2D eigenvalue weighted by Gasteiger charge is -2.03. The lowest BCUT2D eigenvalue weighted by Crippen LogP contribution is -2.08. The van der Waals surface area contributed by atoms with Gasteiger partial charge in [-0.05, 0) is 30.7 Å². The number of ether oxygens (including phenoxy) is 1. The Hall–Kier alpha value is -2.36. The van der Waals surface area contributed by atoms with E-state index in [0.717, 1.165) is 22.6 Å². The Kier molecular flexibility index (Phi) is 3.57. The van der Waals surface area contributed by atoms with E-state index in [9.17, 15) is 4.79 Å². The maximum absolute atomic E-state index is 11.1. The van der Waals surface area contributed by atoms with Gasteiger partial charge in [0.2, 0.25) is 0 Å². The van der Waals surface area contributed by atoms with Crippen molar-refractivity contribution >= 4 is 12.2 Å². The van der Waals surface area contributed by atoms with E-state index in [1.165, 1.54) is 6.07 Å². The summed E-state index contributed by atoms with van der Waals surface area (Å²) in [5.74, 6) is 0.802. The van der Waals surface area contributed by atoms with Crippen LogP contribution >= 0.6 is 0 Å². The van der Waals surface area contributed by atoms with Gasteiger partial charge in [-0.15, -0.1) is 0 Å². The zero-order valence-corrected chi connectivity index (χ0v) is 10.3. The van der Waals surface area contributed by atoms with Crippen molar-refractivity contribution in [1.29, 1.82) is 0 Å². The number of H-pyrrole nitrogens is 1. The van der Waals surface area contributed by atoms with Gasteiger partial charge >= 0.3 is 0 Å². The molecular formula is C14H14N2O2. The van der Waals surface area contributed by atoms with Crippen LogP contribution in [0, 0.1) is 6.92 Å². The number of rotatable bonds is 3. The van der Waals surface area contributed by atoms with Gasteiger partial charge in [-0.2, -0.15) is 5.10 Å². The Morgan fingerprint density at radius 3 is 2.78 bits per heavy atom. The van der Waals surface area contributed by atoms with Gasteiger partial charge in [0.25, 0.3) is 5.56 Å². The van der Waals surface area contributed by atoms with Crippen molar-refractivity contribution in [3.05, 3.63) is 57.5 Å². The highest BCUT2D eigenvalue weighted by molar-refractivity contribution is 5.72. The van der Waals surface area contributed by atoms with E-state index in [1.807, 2.05) is 43.3 Å². The third-order valence-corrected chi connectivity index (χ3v) is 2.60. The molecule has 1 aromatic heterocycles. The molecule has 0 fully saturated rings. The number of methoxy groups -OCH3 is 1. The molecule has 4 heteroatoms. The molecule has 1 N–H and O–H groups in total. The first-order valence-electron chi connectivity index (χ1n) is 5.58. The highest BCUT2D eigenvalue weighted by Crippen LogP contribution is 2.19. The molecule has 92 valence electrons. The second-order valence-electron chi connectivity index (χ2n) is 3.88. The van der Waals surface area contributed by atoms with Crippen LogP contribution in [-0.2, 0) is 0 Å². The Labute approximate surface area is 105 Å². The summed E-state index contributed by atoms with van der Waals surface area (Å²) in [4.78, 5) is 11.1. The Morgan fingerprint density at radius 1 is 1.28 bits per heavy atom. The molecule has 0 aliphatic carbocycles. The summed E-state index contributed by atoms with van der Waals surface area (Å²) >= 11 is 0. The van der Waals surface area contributed by atoms with Crippen LogP contribution in [0.5, 0.6) is 5.75 Å². The number of benzene rings is 1. The molecule has 0 spiro atoms. The number of nitrogens with zero attached hydrogens (tertiary/aromatic N) is 1. The lowest BCUT2D eigenvalue weighted by atomic mass is 10.1. The first-order chi connectivity index (χ1) is 8.70. The quantitative estimate of drug-likeness (QED) is 0.898. The number of aryl methyl sites for hydroxylation is 1. The number of para-hydroxylation sites is 1. The summed E-state index contributed by atoms with van der Waals surface area (Å²) in [6.07, 6.45) is 3.76. The van der Waals surface area contributed by atoms with Crippen LogP contribution < -0.4 is 10.3 Å². The van der Waals surface area contributed by atoms with Crippen LogP contribution in [-0.4, -0.2) is 17.3 Å². The predicted molar refractivity (Wildman–Crippen MR) is 71.5 cm³/mol. The smallest absolute Gasteiger partial charge is 0.264 e. The minimum Gasteiger partial charge on any atom is -0.496 e. The molecule has 0 atom stereocenters. The predicted octanol–water partition coefficient (Wildman–Crippen LogP) is 2.26. The van der Waals surface area contributed by atoms with E-state index in [4.69, 9.17) is 4.74 Å². The largest absolute Gasteiger partial charge is 0.496 e. The second kappa shape index (κ2) is 5.31. The molecule has 0 amide bonds. The molecule has 0 bridgehead atoms. The molecule has 0 saturated heterocycles. The average Bonchev–Trinajstić information content (AvgIpc) is 2.38. The maximum Gasteiger partial charge on any atom is 0.264 e. The number of nitrogens with one attached hydrogen (secondary N) is 1. The van der Waals surface area contributed by atoms with Gasteiger partial charge in [-0.1, -0.05) is 18.2 Å². The highest BCUT2D eigenvalue weighted by Gasteiger charge is 1.99. The average molecular weight is 242 g/mol.